The Balaban J connectivity index is 1.27. The molecular formula is C33H44N4O. The molecule has 38 heavy (non-hydrogen) atoms. The minimum atomic E-state index is -0.0682. The van der Waals surface area contributed by atoms with Crippen molar-refractivity contribution in [3.8, 4) is 0 Å². The van der Waals surface area contributed by atoms with Gasteiger partial charge in [0.25, 0.3) is 0 Å². The quantitative estimate of drug-likeness (QED) is 0.457. The van der Waals surface area contributed by atoms with Crippen molar-refractivity contribution in [3.63, 3.8) is 0 Å². The van der Waals surface area contributed by atoms with Crippen LogP contribution in [0, 0.1) is 0 Å². The molecule has 202 valence electrons. The third kappa shape index (κ3) is 5.20. The maximum atomic E-state index is 9.90. The number of nitrogens with one attached hydrogen (secondary N) is 1. The average molecular weight is 513 g/mol. The predicted molar refractivity (Wildman–Crippen MR) is 159 cm³/mol. The van der Waals surface area contributed by atoms with Gasteiger partial charge >= 0.3 is 0 Å². The van der Waals surface area contributed by atoms with Crippen molar-refractivity contribution in [1.82, 2.24) is 9.88 Å². The number of piperidine rings is 1. The first kappa shape index (κ1) is 25.8. The molecule has 2 fully saturated rings. The van der Waals surface area contributed by atoms with Gasteiger partial charge in [-0.15, -0.1) is 0 Å². The van der Waals surface area contributed by atoms with Crippen molar-refractivity contribution in [2.45, 2.75) is 109 Å². The Kier molecular flexibility index (Phi) is 7.41. The number of hydrogen-bond acceptors (Lipinski definition) is 4. The number of allylic oxidation sites excluding steroid dienone is 4. The molecule has 2 aromatic rings. The number of nitrogens with zero attached hydrogens (tertiary/aromatic N) is 3. The van der Waals surface area contributed by atoms with Crippen molar-refractivity contribution < 1.29 is 5.11 Å². The van der Waals surface area contributed by atoms with Gasteiger partial charge in [0.15, 0.2) is 0 Å². The van der Waals surface area contributed by atoms with Gasteiger partial charge in [-0.2, -0.15) is 0 Å². The first-order chi connectivity index (χ1) is 18.5. The summed E-state index contributed by atoms with van der Waals surface area (Å²) >= 11 is 0. The number of likely N-dealkylation sites (tertiary alicyclic amines) is 1. The van der Waals surface area contributed by atoms with Crippen molar-refractivity contribution in [2.24, 2.45) is 9.98 Å². The summed E-state index contributed by atoms with van der Waals surface area (Å²) in [7, 11) is 0. The van der Waals surface area contributed by atoms with E-state index in [0.717, 1.165) is 44.9 Å². The van der Waals surface area contributed by atoms with E-state index in [2.05, 4.69) is 71.0 Å². The zero-order valence-corrected chi connectivity index (χ0v) is 23.4. The van der Waals surface area contributed by atoms with Gasteiger partial charge in [0.2, 0.25) is 0 Å². The molecule has 0 radical (unpaired) electrons. The number of hydrogen-bond donors (Lipinski definition) is 2. The molecular weight excluding hydrogens is 468 g/mol. The van der Waals surface area contributed by atoms with Crippen molar-refractivity contribution in [1.29, 1.82) is 0 Å². The number of rotatable bonds is 4. The fourth-order valence-corrected chi connectivity index (χ4v) is 7.28. The molecule has 5 heteroatoms. The largest absolute Gasteiger partial charge is 0.393 e. The molecule has 0 spiro atoms. The number of fused-ring (bicyclic) bond motifs is 3. The van der Waals surface area contributed by atoms with Gasteiger partial charge in [0.1, 0.15) is 6.34 Å². The summed E-state index contributed by atoms with van der Waals surface area (Å²) in [5.74, 6) is 1.06. The average Bonchev–Trinajstić information content (AvgIpc) is 3.33. The summed E-state index contributed by atoms with van der Waals surface area (Å²) in [6.07, 6.45) is 16.2. The third-order valence-electron chi connectivity index (χ3n) is 9.52. The van der Waals surface area contributed by atoms with Crippen LogP contribution in [0.25, 0.3) is 16.5 Å². The number of aliphatic hydroxyl groups is 1. The molecule has 1 atom stereocenters. The zero-order valence-electron chi connectivity index (χ0n) is 23.4. The Bertz CT molecular complexity index is 1280. The van der Waals surface area contributed by atoms with E-state index in [1.807, 2.05) is 0 Å². The lowest BCUT2D eigenvalue weighted by Crippen LogP contribution is -2.43. The van der Waals surface area contributed by atoms with E-state index < -0.39 is 0 Å². The van der Waals surface area contributed by atoms with Crippen LogP contribution in [0.15, 0.2) is 45.9 Å². The Morgan fingerprint density at radius 1 is 1.03 bits per heavy atom. The van der Waals surface area contributed by atoms with Crippen molar-refractivity contribution in [2.75, 3.05) is 13.1 Å². The number of aliphatic imine (C=N–C) groups is 2. The van der Waals surface area contributed by atoms with Crippen LogP contribution in [0.3, 0.4) is 0 Å². The molecule has 2 aliphatic heterocycles. The molecule has 0 amide bonds. The predicted octanol–water partition coefficient (Wildman–Crippen LogP) is 7.14. The van der Waals surface area contributed by atoms with Gasteiger partial charge in [0, 0.05) is 34.8 Å². The van der Waals surface area contributed by atoms with E-state index in [4.69, 9.17) is 0 Å². The van der Waals surface area contributed by atoms with Gasteiger partial charge in [0.05, 0.1) is 12.1 Å². The third-order valence-corrected chi connectivity index (χ3v) is 9.52. The molecule has 6 rings (SSSR count). The summed E-state index contributed by atoms with van der Waals surface area (Å²) in [4.78, 5) is 15.8. The lowest BCUT2D eigenvalue weighted by molar-refractivity contribution is 0.0618. The van der Waals surface area contributed by atoms with Crippen LogP contribution < -0.4 is 0 Å². The van der Waals surface area contributed by atoms with E-state index in [-0.39, 0.29) is 6.10 Å². The number of aliphatic hydroxyl groups excluding tert-OH is 1. The maximum absolute atomic E-state index is 9.90. The van der Waals surface area contributed by atoms with Gasteiger partial charge in [-0.25, -0.2) is 4.99 Å². The Hall–Kier alpha value is -2.50. The summed E-state index contributed by atoms with van der Waals surface area (Å²) in [5.41, 5.74) is 9.19. The standard InChI is InChI=1S/C33H44N4O/c1-21(2)32-29-18-24(23-13-15-37(16-14-23)27-8-10-28(38)11-9-27)7-12-30(29)36-33(32)25-5-4-6-26-19-31(22(3)17-25)35-20-34-26/h5,7,12,17-18,20-21,23,26-28,36,38H,4,6,8-11,13-16,19H2,1-3H3/b22-17-,25-5+. The zero-order chi connectivity index (χ0) is 26.2. The van der Waals surface area contributed by atoms with Gasteiger partial charge in [-0.1, -0.05) is 26.0 Å². The first-order valence-electron chi connectivity index (χ1n) is 15.0. The fraction of sp³-hybridized carbons (Fsp3) is 0.576. The van der Waals surface area contributed by atoms with Crippen LogP contribution in [0.4, 0.5) is 0 Å². The molecule has 1 unspecified atom stereocenters. The fourth-order valence-electron chi connectivity index (χ4n) is 7.28. The molecule has 2 bridgehead atoms. The van der Waals surface area contributed by atoms with Gasteiger partial charge in [-0.05, 0) is 124 Å². The van der Waals surface area contributed by atoms with E-state index in [9.17, 15) is 5.11 Å². The minimum Gasteiger partial charge on any atom is -0.393 e. The second-order valence-electron chi connectivity index (χ2n) is 12.4. The second-order valence-corrected chi connectivity index (χ2v) is 12.4. The summed E-state index contributed by atoms with van der Waals surface area (Å²) in [6, 6.07) is 8.23. The van der Waals surface area contributed by atoms with Crippen LogP contribution in [0.5, 0.6) is 0 Å². The van der Waals surface area contributed by atoms with Crippen molar-refractivity contribution >= 4 is 28.5 Å². The molecule has 3 heterocycles. The van der Waals surface area contributed by atoms with Crippen molar-refractivity contribution in [3.05, 3.63) is 52.7 Å². The van der Waals surface area contributed by atoms with E-state index in [1.165, 1.54) is 70.5 Å². The highest BCUT2D eigenvalue weighted by Gasteiger charge is 2.29. The van der Waals surface area contributed by atoms with Gasteiger partial charge in [-0.3, -0.25) is 4.99 Å². The molecule has 1 aromatic heterocycles. The number of benzene rings is 1. The molecule has 1 saturated heterocycles. The lowest BCUT2D eigenvalue weighted by Gasteiger charge is -2.40. The smallest absolute Gasteiger partial charge is 0.110 e. The number of H-pyrrole nitrogens is 1. The molecule has 2 N–H and O–H groups in total. The highest BCUT2D eigenvalue weighted by atomic mass is 16.3. The van der Waals surface area contributed by atoms with Crippen LogP contribution in [-0.4, -0.2) is 58.3 Å². The van der Waals surface area contributed by atoms with Crippen LogP contribution in [0.1, 0.15) is 107 Å². The highest BCUT2D eigenvalue weighted by Crippen LogP contribution is 2.39. The molecule has 1 saturated carbocycles. The summed E-state index contributed by atoms with van der Waals surface area (Å²) in [6.45, 7) is 9.23. The minimum absolute atomic E-state index is 0.0682. The molecule has 4 aliphatic rings. The lowest BCUT2D eigenvalue weighted by atomic mass is 9.85. The Morgan fingerprint density at radius 2 is 1.82 bits per heavy atom. The SMILES string of the molecule is C/C1=C/C(c2[nH]c3ccc(C4CCN(C5CCC(O)CC5)CC4)cc3c2C(C)C)=C\CCC2CC1=NC=N2. The topological polar surface area (TPSA) is 64.0 Å². The van der Waals surface area contributed by atoms with Crippen LogP contribution in [-0.2, 0) is 0 Å². The van der Waals surface area contributed by atoms with E-state index in [1.54, 1.807) is 6.34 Å². The Morgan fingerprint density at radius 3 is 2.58 bits per heavy atom. The monoisotopic (exact) mass is 512 g/mol. The van der Waals surface area contributed by atoms with E-state index in [0.29, 0.717) is 23.9 Å². The second kappa shape index (κ2) is 10.9. The normalized spacial score (nSPS) is 30.2. The molecule has 1 aromatic carbocycles. The summed E-state index contributed by atoms with van der Waals surface area (Å²) < 4.78 is 0. The molecule has 5 nitrogen and oxygen atoms in total. The highest BCUT2D eigenvalue weighted by molar-refractivity contribution is 6.06. The summed E-state index contributed by atoms with van der Waals surface area (Å²) in [5, 5.41) is 11.3. The number of aromatic amines is 1. The number of aromatic nitrogens is 1. The maximum Gasteiger partial charge on any atom is 0.110 e. The first-order valence-corrected chi connectivity index (χ1v) is 15.0. The van der Waals surface area contributed by atoms with E-state index >= 15 is 0 Å². The van der Waals surface area contributed by atoms with Crippen LogP contribution >= 0.6 is 0 Å². The van der Waals surface area contributed by atoms with Crippen LogP contribution in [0.2, 0.25) is 0 Å². The molecule has 2 aliphatic carbocycles. The Labute approximate surface area is 227 Å². The van der Waals surface area contributed by atoms with Gasteiger partial charge < -0.3 is 15.0 Å².